The zero-order chi connectivity index (χ0) is 12.8. The summed E-state index contributed by atoms with van der Waals surface area (Å²) in [5, 5.41) is 3.57. The molecule has 96 valence electrons. The molecule has 0 aliphatic heterocycles. The van der Waals surface area contributed by atoms with E-state index in [1.165, 1.54) is 18.4 Å². The van der Waals surface area contributed by atoms with E-state index < -0.39 is 0 Å². The van der Waals surface area contributed by atoms with Crippen LogP contribution >= 0.6 is 0 Å². The first kappa shape index (κ1) is 14.2. The largest absolute Gasteiger partial charge is 0.308 e. The fourth-order valence-corrected chi connectivity index (χ4v) is 2.17. The monoisotopic (exact) mass is 237 g/mol. The highest BCUT2D eigenvalue weighted by molar-refractivity contribution is 5.29. The molecule has 1 rings (SSSR count). The lowest BCUT2D eigenvalue weighted by atomic mass is 9.96. The molecule has 0 heterocycles. The van der Waals surface area contributed by atoms with E-state index >= 15 is 0 Å². The predicted octanol–water partition coefficient (Wildman–Crippen LogP) is 4.36. The summed E-state index contributed by atoms with van der Waals surface area (Å²) in [6.45, 7) is 8.49. The lowest BCUT2D eigenvalue weighted by Crippen LogP contribution is -2.28. The molecule has 1 aromatic rings. The number of benzene rings is 1. The molecule has 0 fully saturated rings. The molecule has 1 aromatic carbocycles. The Morgan fingerprint density at radius 3 is 2.53 bits per heavy atom. The lowest BCUT2D eigenvalue weighted by molar-refractivity contribution is 0.438. The SMILES string of the molecule is CCCCC(NC(C)C)c1ccc(F)cc1C. The second kappa shape index (κ2) is 6.75. The second-order valence-electron chi connectivity index (χ2n) is 5.02. The van der Waals surface area contributed by atoms with Crippen molar-refractivity contribution in [1.82, 2.24) is 5.32 Å². The lowest BCUT2D eigenvalue weighted by Gasteiger charge is -2.23. The molecule has 2 heteroatoms. The summed E-state index contributed by atoms with van der Waals surface area (Å²) < 4.78 is 13.1. The maximum Gasteiger partial charge on any atom is 0.123 e. The molecule has 0 saturated heterocycles. The third kappa shape index (κ3) is 4.47. The summed E-state index contributed by atoms with van der Waals surface area (Å²) in [6.07, 6.45) is 3.50. The molecule has 1 nitrogen and oxygen atoms in total. The molecular formula is C15H24FN. The van der Waals surface area contributed by atoms with Crippen LogP contribution in [0, 0.1) is 12.7 Å². The molecule has 1 N–H and O–H groups in total. The Morgan fingerprint density at radius 1 is 1.29 bits per heavy atom. The van der Waals surface area contributed by atoms with Gasteiger partial charge in [0.25, 0.3) is 0 Å². The van der Waals surface area contributed by atoms with Crippen LogP contribution in [-0.4, -0.2) is 6.04 Å². The maximum atomic E-state index is 13.1. The van der Waals surface area contributed by atoms with Crippen molar-refractivity contribution in [3.8, 4) is 0 Å². The fraction of sp³-hybridized carbons (Fsp3) is 0.600. The quantitative estimate of drug-likeness (QED) is 0.775. The Balaban J connectivity index is 2.86. The highest BCUT2D eigenvalue weighted by Gasteiger charge is 2.14. The molecule has 17 heavy (non-hydrogen) atoms. The third-order valence-corrected chi connectivity index (χ3v) is 2.99. The minimum atomic E-state index is -0.148. The average molecular weight is 237 g/mol. The first-order valence-corrected chi connectivity index (χ1v) is 6.56. The van der Waals surface area contributed by atoms with Gasteiger partial charge in [-0.3, -0.25) is 0 Å². The molecule has 0 aliphatic carbocycles. The van der Waals surface area contributed by atoms with E-state index in [4.69, 9.17) is 0 Å². The van der Waals surface area contributed by atoms with Crippen LogP contribution < -0.4 is 5.32 Å². The van der Waals surface area contributed by atoms with Crippen LogP contribution in [0.25, 0.3) is 0 Å². The Hall–Kier alpha value is -0.890. The highest BCUT2D eigenvalue weighted by atomic mass is 19.1. The zero-order valence-corrected chi connectivity index (χ0v) is 11.4. The van der Waals surface area contributed by atoms with Gasteiger partial charge >= 0.3 is 0 Å². The van der Waals surface area contributed by atoms with E-state index in [0.717, 1.165) is 12.0 Å². The van der Waals surface area contributed by atoms with Gasteiger partial charge in [0, 0.05) is 12.1 Å². The van der Waals surface area contributed by atoms with Gasteiger partial charge in [0.2, 0.25) is 0 Å². The van der Waals surface area contributed by atoms with E-state index in [2.05, 4.69) is 26.1 Å². The van der Waals surface area contributed by atoms with Gasteiger partial charge in [-0.25, -0.2) is 4.39 Å². The standard InChI is InChI=1S/C15H24FN/c1-5-6-7-15(17-11(2)3)14-9-8-13(16)10-12(14)4/h8-11,15,17H,5-7H2,1-4H3. The van der Waals surface area contributed by atoms with Crippen LogP contribution in [-0.2, 0) is 0 Å². The first-order valence-electron chi connectivity index (χ1n) is 6.56. The van der Waals surface area contributed by atoms with Gasteiger partial charge in [0.15, 0.2) is 0 Å². The summed E-state index contributed by atoms with van der Waals surface area (Å²) >= 11 is 0. The van der Waals surface area contributed by atoms with Gasteiger partial charge in [0.1, 0.15) is 5.82 Å². The number of hydrogen-bond donors (Lipinski definition) is 1. The van der Waals surface area contributed by atoms with E-state index in [9.17, 15) is 4.39 Å². The summed E-state index contributed by atoms with van der Waals surface area (Å²) in [6, 6.07) is 5.89. The van der Waals surface area contributed by atoms with Crippen molar-refractivity contribution >= 4 is 0 Å². The maximum absolute atomic E-state index is 13.1. The first-order chi connectivity index (χ1) is 8.04. The number of halogens is 1. The molecule has 0 saturated carbocycles. The average Bonchev–Trinajstić information content (AvgIpc) is 2.24. The molecule has 0 aromatic heterocycles. The Bertz CT molecular complexity index is 347. The van der Waals surface area contributed by atoms with E-state index in [0.29, 0.717) is 12.1 Å². The summed E-state index contributed by atoms with van der Waals surface area (Å²) in [5.41, 5.74) is 2.27. The van der Waals surface area contributed by atoms with E-state index in [1.54, 1.807) is 12.1 Å². The number of nitrogens with one attached hydrogen (secondary N) is 1. The fourth-order valence-electron chi connectivity index (χ4n) is 2.17. The van der Waals surface area contributed by atoms with Crippen LogP contribution in [0.3, 0.4) is 0 Å². The minimum Gasteiger partial charge on any atom is -0.308 e. The Labute approximate surface area is 104 Å². The Morgan fingerprint density at radius 2 is 2.00 bits per heavy atom. The summed E-state index contributed by atoms with van der Waals surface area (Å²) in [7, 11) is 0. The van der Waals surface area contributed by atoms with Crippen LogP contribution in [0.15, 0.2) is 18.2 Å². The normalized spacial score (nSPS) is 13.1. The topological polar surface area (TPSA) is 12.0 Å². The van der Waals surface area contributed by atoms with Gasteiger partial charge in [-0.1, -0.05) is 39.7 Å². The highest BCUT2D eigenvalue weighted by Crippen LogP contribution is 2.24. The Kier molecular flexibility index (Phi) is 5.63. The molecule has 0 amide bonds. The van der Waals surface area contributed by atoms with Crippen LogP contribution in [0.4, 0.5) is 4.39 Å². The van der Waals surface area contributed by atoms with E-state index in [1.807, 2.05) is 13.0 Å². The van der Waals surface area contributed by atoms with Crippen LogP contribution in [0.5, 0.6) is 0 Å². The smallest absolute Gasteiger partial charge is 0.123 e. The summed E-state index contributed by atoms with van der Waals surface area (Å²) in [5.74, 6) is -0.148. The van der Waals surface area contributed by atoms with Gasteiger partial charge < -0.3 is 5.32 Å². The van der Waals surface area contributed by atoms with Crippen molar-refractivity contribution in [1.29, 1.82) is 0 Å². The molecule has 0 bridgehead atoms. The predicted molar refractivity (Wildman–Crippen MR) is 71.7 cm³/mol. The van der Waals surface area contributed by atoms with Crippen LogP contribution in [0.2, 0.25) is 0 Å². The molecular weight excluding hydrogens is 213 g/mol. The van der Waals surface area contributed by atoms with Crippen molar-refractivity contribution in [3.63, 3.8) is 0 Å². The number of rotatable bonds is 6. The van der Waals surface area contributed by atoms with Crippen molar-refractivity contribution < 1.29 is 4.39 Å². The molecule has 0 radical (unpaired) electrons. The van der Waals surface area contributed by atoms with Gasteiger partial charge in [-0.05, 0) is 36.6 Å². The molecule has 0 spiro atoms. The van der Waals surface area contributed by atoms with Gasteiger partial charge in [0.05, 0.1) is 0 Å². The second-order valence-corrected chi connectivity index (χ2v) is 5.02. The minimum absolute atomic E-state index is 0.148. The van der Waals surface area contributed by atoms with Crippen molar-refractivity contribution in [2.45, 2.75) is 59.0 Å². The number of hydrogen-bond acceptors (Lipinski definition) is 1. The zero-order valence-electron chi connectivity index (χ0n) is 11.4. The van der Waals surface area contributed by atoms with Gasteiger partial charge in [-0.2, -0.15) is 0 Å². The number of unbranched alkanes of at least 4 members (excludes halogenated alkanes) is 1. The van der Waals surface area contributed by atoms with E-state index in [-0.39, 0.29) is 5.82 Å². The van der Waals surface area contributed by atoms with Crippen molar-refractivity contribution in [2.24, 2.45) is 0 Å². The molecule has 1 unspecified atom stereocenters. The number of aryl methyl sites for hydroxylation is 1. The third-order valence-electron chi connectivity index (χ3n) is 2.99. The van der Waals surface area contributed by atoms with Crippen LogP contribution in [0.1, 0.15) is 57.2 Å². The molecule has 1 atom stereocenters. The molecule has 0 aliphatic rings. The van der Waals surface area contributed by atoms with Crippen molar-refractivity contribution in [3.05, 3.63) is 35.1 Å². The van der Waals surface area contributed by atoms with Gasteiger partial charge in [-0.15, -0.1) is 0 Å². The van der Waals surface area contributed by atoms with Crippen molar-refractivity contribution in [2.75, 3.05) is 0 Å². The summed E-state index contributed by atoms with van der Waals surface area (Å²) in [4.78, 5) is 0.